The third-order valence-electron chi connectivity index (χ3n) is 16.6. The summed E-state index contributed by atoms with van der Waals surface area (Å²) < 4.78 is 11.4. The third kappa shape index (κ3) is 38.5. The van der Waals surface area contributed by atoms with Gasteiger partial charge in [-0.3, -0.25) is 38.4 Å². The molecule has 0 fully saturated rings. The summed E-state index contributed by atoms with van der Waals surface area (Å²) in [6.45, 7) is 3.44. The molecule has 0 bridgehead atoms. The number of benzene rings is 7. The van der Waals surface area contributed by atoms with Gasteiger partial charge >= 0.3 is 12.0 Å². The predicted molar refractivity (Wildman–Crippen MR) is 530 cm³/mol. The summed E-state index contributed by atoms with van der Waals surface area (Å²) in [5, 5.41) is 41.7. The average molecular weight is 2000 g/mol. The molecule has 0 saturated carbocycles. The minimum Gasteiger partial charge on any atom is -0.508 e. The van der Waals surface area contributed by atoms with Crippen LogP contribution >= 0.6 is 186 Å². The molecule has 21 nitrogen and oxygen atoms in total. The maximum absolute atomic E-state index is 12.5. The van der Waals surface area contributed by atoms with Crippen LogP contribution in [0.4, 0.5) is 0 Å². The van der Waals surface area contributed by atoms with E-state index in [-0.39, 0.29) is 123 Å². The van der Waals surface area contributed by atoms with Gasteiger partial charge in [0.1, 0.15) is 83.7 Å². The highest BCUT2D eigenvalue weighted by molar-refractivity contribution is 9.10. The fraction of sp³-hybridized carbons (Fsp3) is 0.261. The van der Waals surface area contributed by atoms with E-state index < -0.39 is 17.5 Å². The fourth-order valence-electron chi connectivity index (χ4n) is 10.6. The Balaban J connectivity index is 0.000000254. The van der Waals surface area contributed by atoms with Crippen LogP contribution in [-0.2, 0) is 93.5 Å². The van der Waals surface area contributed by atoms with Crippen LogP contribution in [0.1, 0.15) is 94.7 Å². The molecule has 0 saturated heterocycles. The largest absolute Gasteiger partial charge is 0.508 e. The topological polar surface area (TPSA) is 316 Å². The van der Waals surface area contributed by atoms with Gasteiger partial charge in [-0.25, -0.2) is 14.8 Å². The molecule has 7 aromatic carbocycles. The maximum Gasteiger partial charge on any atom is 0.338 e. The number of nitrogens with zero attached hydrogens (tertiary/aromatic N) is 8. The lowest BCUT2D eigenvalue weighted by Crippen LogP contribution is -2.32. The number of thiol groups is 8. The van der Waals surface area contributed by atoms with Crippen LogP contribution in [0, 0.1) is 6.92 Å². The highest BCUT2D eigenvalue weighted by Gasteiger charge is 2.38. The zero-order valence-corrected chi connectivity index (χ0v) is 81.4. The first-order valence-electron chi connectivity index (χ1n) is 37.4. The van der Waals surface area contributed by atoms with Gasteiger partial charge in [-0.2, -0.15) is 111 Å². The molecule has 124 heavy (non-hydrogen) atoms. The first-order chi connectivity index (χ1) is 59.6. The van der Waals surface area contributed by atoms with E-state index in [0.29, 0.717) is 59.9 Å². The Kier molecular flexibility index (Phi) is 51.2. The number of phenols is 1. The first kappa shape index (κ1) is 107. The Morgan fingerprint density at radius 2 is 0.976 bits per heavy atom. The van der Waals surface area contributed by atoms with Crippen LogP contribution in [0.2, 0.25) is 5.02 Å². The Hall–Kier alpha value is -7.69. The van der Waals surface area contributed by atoms with Crippen molar-refractivity contribution >= 4 is 238 Å². The van der Waals surface area contributed by atoms with Crippen molar-refractivity contribution in [2.24, 2.45) is 0 Å². The number of methoxy groups -OCH3 is 2. The highest BCUT2D eigenvalue weighted by Crippen LogP contribution is 2.43. The number of Topliss-reactive ketones (excluding diaryl/α,β-unsaturated/α-hetero) is 8. The van der Waals surface area contributed by atoms with Crippen molar-refractivity contribution in [2.75, 3.05) is 66.5 Å². The van der Waals surface area contributed by atoms with E-state index in [0.717, 1.165) is 78.4 Å². The maximum atomic E-state index is 12.5. The number of thiazole rings is 1. The van der Waals surface area contributed by atoms with Gasteiger partial charge in [0.2, 0.25) is 0 Å². The van der Waals surface area contributed by atoms with E-state index >= 15 is 0 Å². The van der Waals surface area contributed by atoms with E-state index in [1.165, 1.54) is 83.5 Å². The number of ether oxygens (including phenoxy) is 2. The number of aryl methyl sites for hydroxylation is 1. The van der Waals surface area contributed by atoms with Crippen LogP contribution in [0.25, 0.3) is 21.8 Å². The lowest BCUT2D eigenvalue weighted by molar-refractivity contribution is -0.118. The summed E-state index contributed by atoms with van der Waals surface area (Å²) in [6, 6.07) is 62.4. The lowest BCUT2D eigenvalue weighted by atomic mass is 9.66. The second-order valence-corrected chi connectivity index (χ2v) is 34.9. The van der Waals surface area contributed by atoms with Crippen LogP contribution in [0.5, 0.6) is 11.8 Å². The van der Waals surface area contributed by atoms with Crippen molar-refractivity contribution in [3.63, 3.8) is 0 Å². The number of hydrogen-bond acceptors (Lipinski definition) is 34. The van der Waals surface area contributed by atoms with Gasteiger partial charge < -0.3 is 19.7 Å². The zero-order chi connectivity index (χ0) is 90.9. The highest BCUT2D eigenvalue weighted by atomic mass is 79.9. The van der Waals surface area contributed by atoms with E-state index in [9.17, 15) is 48.3 Å². The zero-order valence-electron chi connectivity index (χ0n) is 67.9. The number of phenolic OH excluding ortho intramolecular Hbond substituents is 1. The standard InChI is InChI=1S/C22H20OS.C12H10BrNOS2.C11H10N2OS2.C11H14O2S.C9H9ClO2S.C9H10O3S2.C8H11N3O2S.C6H8N2OS3/c23-21(17-24)16-22(18-10-4-1-5-11-18,19-12-6-2-7-13-19)20-14-8-3-9-15-20;13-9-3-1-8(2-4-9)11-7-17-12(14-11)5-10(15)6-16;14-9(7-15)6-10-12-13-11(16-10)8-4-2-1-3-5-8;1-8(12)10-4-2-9(3-5-10)6-11(13)7-14;10-9-2-1-7(11)3-6(9)4-8(12)5-13;1-12-9(11)7-2-3-14-8(7)4-6(10)5-13;1-5-9-7(3-6(12)4-14)11-8(10-5)13-2;1-11-6-8-7-5(12-6)2-4(9)3-10/h1-15,24H,16-17H2;1-4,7,16H,5-6H2;1-5,15H,6-7H2;2-5,8,12,14H,6-7H2,1H3;1-3,11,13H,4-5H2;2-3,13H,4-5H2,1H3;14H,3-4H2,1-2H3;10H,2-3H2,1H3. The molecule has 0 radical (unpaired) electrons. The number of aliphatic hydroxyl groups is 1. The van der Waals surface area contributed by atoms with Gasteiger partial charge in [-0.1, -0.05) is 220 Å². The summed E-state index contributed by atoms with van der Waals surface area (Å²) in [5.41, 5.74) is 8.84. The molecule has 1 unspecified atom stereocenters. The Bertz CT molecular complexity index is 5220. The number of halogens is 2. The van der Waals surface area contributed by atoms with Crippen LogP contribution in [-0.4, -0.2) is 169 Å². The summed E-state index contributed by atoms with van der Waals surface area (Å²) in [7, 11) is 2.79. The smallest absolute Gasteiger partial charge is 0.338 e. The third-order valence-corrected chi connectivity index (χ3v) is 25.0. The van der Waals surface area contributed by atoms with Crippen molar-refractivity contribution in [3.8, 4) is 33.6 Å². The number of aromatic hydroxyl groups is 1. The molecule has 12 aromatic rings. The van der Waals surface area contributed by atoms with Crippen molar-refractivity contribution in [1.82, 2.24) is 40.3 Å². The van der Waals surface area contributed by atoms with Gasteiger partial charge in [0.05, 0.1) is 62.7 Å². The summed E-state index contributed by atoms with van der Waals surface area (Å²) in [6.07, 6.45) is 4.01. The van der Waals surface area contributed by atoms with Crippen molar-refractivity contribution in [2.45, 2.75) is 81.1 Å². The second-order valence-electron chi connectivity index (χ2n) is 25.9. The number of aliphatic hydroxyl groups excluding tert-OH is 1. The number of thioether (sulfide) groups is 1. The lowest BCUT2D eigenvalue weighted by Gasteiger charge is -2.35. The van der Waals surface area contributed by atoms with Gasteiger partial charge in [-0.15, -0.1) is 43.1 Å². The molecular weight excluding hydrogens is 1910 g/mol. The van der Waals surface area contributed by atoms with Crippen LogP contribution in [0.3, 0.4) is 0 Å². The number of aromatic nitrogens is 8. The summed E-state index contributed by atoms with van der Waals surface area (Å²) in [5.74, 6) is 3.02. The van der Waals surface area contributed by atoms with Crippen molar-refractivity contribution in [3.05, 3.63) is 285 Å². The van der Waals surface area contributed by atoms with Gasteiger partial charge in [0, 0.05) is 103 Å². The van der Waals surface area contributed by atoms with E-state index in [1.54, 1.807) is 31.4 Å². The molecule has 0 aliphatic carbocycles. The summed E-state index contributed by atoms with van der Waals surface area (Å²) in [4.78, 5) is 118. The number of carbonyl (C=O) groups excluding carboxylic acids is 9. The van der Waals surface area contributed by atoms with Crippen molar-refractivity contribution in [1.29, 1.82) is 0 Å². The van der Waals surface area contributed by atoms with E-state index in [1.807, 2.05) is 145 Å². The monoisotopic (exact) mass is 2000 g/mol. The van der Waals surface area contributed by atoms with Crippen LogP contribution in [0.15, 0.2) is 214 Å². The normalized spacial score (nSPS) is 10.6. The van der Waals surface area contributed by atoms with E-state index in [2.05, 4.69) is 198 Å². The number of hydrogen-bond donors (Lipinski definition) is 10. The molecule has 2 N–H and O–H groups in total. The molecule has 1 atom stereocenters. The Labute approximate surface area is 799 Å². The predicted octanol–water partition coefficient (Wildman–Crippen LogP) is 17.7. The number of esters is 1. The van der Waals surface area contributed by atoms with E-state index in [4.69, 9.17) is 21.4 Å². The van der Waals surface area contributed by atoms with Gasteiger partial charge in [0.15, 0.2) is 4.34 Å². The second kappa shape index (κ2) is 59.4. The number of ketones is 8. The molecule has 5 heterocycles. The number of carbonyl (C=O) groups is 9. The van der Waals surface area contributed by atoms with Gasteiger partial charge in [-0.05, 0) is 95.3 Å². The molecule has 12 rings (SSSR count). The molecule has 36 heteroatoms. The molecule has 0 aliphatic rings. The number of rotatable bonds is 33. The van der Waals surface area contributed by atoms with Gasteiger partial charge in [0.25, 0.3) is 0 Å². The molecule has 0 spiro atoms. The molecule has 0 amide bonds. The van der Waals surface area contributed by atoms with Crippen molar-refractivity contribution < 1.29 is 62.8 Å². The first-order valence-corrected chi connectivity index (χ1v) is 48.2. The minimum atomic E-state index is -0.496. The Morgan fingerprint density at radius 3 is 1.47 bits per heavy atom. The van der Waals surface area contributed by atoms with Crippen LogP contribution < -0.4 is 4.74 Å². The molecular formula is C88H92BrClN8O13S13. The quantitative estimate of drug-likeness (QED) is 0.00791. The molecule has 5 aromatic heterocycles. The minimum absolute atomic E-state index is 0.000867. The SMILES string of the molecule is CC(O)c1ccc(CC(=O)CS)cc1.COC(=O)c1ccsc1CC(=O)CS.COc1nc(C)nc(CC(=O)CS)n1.CSc1nnc(CC(=O)CS)s1.O=C(CS)CC(c1ccccc1)(c1ccccc1)c1ccccc1.O=C(CS)Cc1cc(O)ccc1Cl.O=C(CS)Cc1nc(-c2ccc(Br)cc2)cs1.O=C(CS)Cc1nnc(-c2ccccc2)s1. The molecule has 654 valence electrons. The Morgan fingerprint density at radius 1 is 0.500 bits per heavy atom. The fourth-order valence-corrected chi connectivity index (χ4v) is 15.9. The average Bonchev–Trinajstić information content (AvgIpc) is 1.17. The molecule has 0 aliphatic heterocycles. The summed E-state index contributed by atoms with van der Waals surface area (Å²) >= 11 is 48.0. The number of thiophene rings is 1.